The Bertz CT molecular complexity index is 1270. The second-order valence-electron chi connectivity index (χ2n) is 8.51. The van der Waals surface area contributed by atoms with Gasteiger partial charge in [0.15, 0.2) is 23.0 Å². The molecule has 4 atom stereocenters. The minimum atomic E-state index is -2.32. The lowest BCUT2D eigenvalue weighted by atomic mass is 9.79. The molecule has 0 saturated heterocycles. The van der Waals surface area contributed by atoms with E-state index in [2.05, 4.69) is 0 Å². The number of ether oxygens (including phenoxy) is 3. The Balaban J connectivity index is 1.73. The highest BCUT2D eigenvalue weighted by atomic mass is 16.6. The second kappa shape index (κ2) is 11.7. The van der Waals surface area contributed by atoms with Crippen LogP contribution in [0.15, 0.2) is 48.6 Å². The number of esters is 2. The summed E-state index contributed by atoms with van der Waals surface area (Å²) in [6.07, 6.45) is -1.81. The summed E-state index contributed by atoms with van der Waals surface area (Å²) in [5, 5.41) is 59.0. The smallest absolute Gasteiger partial charge is 0.348 e. The van der Waals surface area contributed by atoms with Gasteiger partial charge < -0.3 is 44.8 Å². The van der Waals surface area contributed by atoms with Crippen LogP contribution in [-0.4, -0.2) is 79.6 Å². The highest BCUT2D eigenvalue weighted by molar-refractivity contribution is 5.91. The molecule has 0 amide bonds. The van der Waals surface area contributed by atoms with Crippen LogP contribution in [0.4, 0.5) is 0 Å². The molecule has 0 heterocycles. The van der Waals surface area contributed by atoms with Crippen LogP contribution in [0, 0.1) is 0 Å². The van der Waals surface area contributed by atoms with Crippen molar-refractivity contribution in [2.75, 3.05) is 7.11 Å². The monoisotopic (exact) mass is 530 g/mol. The number of phenolic OH excluding ortho intramolecular Hbond substituents is 3. The van der Waals surface area contributed by atoms with Gasteiger partial charge in [-0.2, -0.15) is 0 Å². The number of carbonyl (C=O) groups excluding carboxylic acids is 2. The van der Waals surface area contributed by atoms with E-state index in [1.165, 1.54) is 55.7 Å². The number of carbonyl (C=O) groups is 3. The number of methoxy groups -OCH3 is 1. The number of hydrogen-bond acceptors (Lipinski definition) is 11. The van der Waals surface area contributed by atoms with Crippen molar-refractivity contribution < 1.29 is 59.2 Å². The highest BCUT2D eigenvalue weighted by Gasteiger charge is 2.54. The lowest BCUT2D eigenvalue weighted by molar-refractivity contribution is -0.207. The van der Waals surface area contributed by atoms with Gasteiger partial charge in [-0.25, -0.2) is 14.4 Å². The van der Waals surface area contributed by atoms with E-state index in [4.69, 9.17) is 14.2 Å². The highest BCUT2D eigenvalue weighted by Crippen LogP contribution is 2.35. The molecule has 1 aliphatic carbocycles. The van der Waals surface area contributed by atoms with Gasteiger partial charge in [0, 0.05) is 25.0 Å². The number of aliphatic hydroxyl groups excluding tert-OH is 2. The molecule has 3 rings (SSSR count). The van der Waals surface area contributed by atoms with Gasteiger partial charge in [0.05, 0.1) is 13.2 Å². The number of aromatic hydroxyl groups is 3. The van der Waals surface area contributed by atoms with Crippen molar-refractivity contribution in [3.05, 3.63) is 59.7 Å². The summed E-state index contributed by atoms with van der Waals surface area (Å²) in [4.78, 5) is 36.9. The Morgan fingerprint density at radius 3 is 2.08 bits per heavy atom. The third-order valence-electron chi connectivity index (χ3n) is 5.83. The van der Waals surface area contributed by atoms with Crippen molar-refractivity contribution in [2.45, 2.75) is 36.8 Å². The average Bonchev–Trinajstić information content (AvgIpc) is 2.87. The Hall–Kier alpha value is -4.55. The van der Waals surface area contributed by atoms with Crippen LogP contribution in [0.2, 0.25) is 0 Å². The number of benzene rings is 2. The minimum Gasteiger partial charge on any atom is -0.504 e. The van der Waals surface area contributed by atoms with E-state index in [-0.39, 0.29) is 17.2 Å². The fourth-order valence-electron chi connectivity index (χ4n) is 3.83. The van der Waals surface area contributed by atoms with Crippen molar-refractivity contribution in [1.29, 1.82) is 0 Å². The molecule has 38 heavy (non-hydrogen) atoms. The Morgan fingerprint density at radius 1 is 0.868 bits per heavy atom. The van der Waals surface area contributed by atoms with Crippen LogP contribution in [0.1, 0.15) is 24.0 Å². The Kier molecular flexibility index (Phi) is 8.61. The molecule has 12 heteroatoms. The van der Waals surface area contributed by atoms with E-state index >= 15 is 0 Å². The van der Waals surface area contributed by atoms with Crippen molar-refractivity contribution in [3.8, 4) is 23.0 Å². The maximum atomic E-state index is 12.5. The van der Waals surface area contributed by atoms with Gasteiger partial charge in [0.1, 0.15) is 12.2 Å². The second-order valence-corrected chi connectivity index (χ2v) is 8.51. The van der Waals surface area contributed by atoms with Gasteiger partial charge in [0.2, 0.25) is 5.60 Å². The molecule has 0 radical (unpaired) electrons. The summed E-state index contributed by atoms with van der Waals surface area (Å²) in [6.45, 7) is 0. The molecule has 4 unspecified atom stereocenters. The predicted molar refractivity (Wildman–Crippen MR) is 130 cm³/mol. The number of carboxylic acid groups (broad SMARTS) is 1. The average molecular weight is 530 g/mol. The van der Waals surface area contributed by atoms with Crippen molar-refractivity contribution in [2.24, 2.45) is 0 Å². The number of carboxylic acids is 1. The Labute approximate surface area is 216 Å². The number of aliphatic carboxylic acids is 1. The maximum absolute atomic E-state index is 12.5. The summed E-state index contributed by atoms with van der Waals surface area (Å²) in [5.74, 6) is -4.47. The van der Waals surface area contributed by atoms with E-state index in [1.807, 2.05) is 0 Å². The Morgan fingerprint density at radius 2 is 1.47 bits per heavy atom. The molecule has 2 aromatic rings. The van der Waals surface area contributed by atoms with Crippen molar-refractivity contribution in [1.82, 2.24) is 0 Å². The number of aliphatic hydroxyl groups is 2. The van der Waals surface area contributed by atoms with E-state index in [0.29, 0.717) is 11.1 Å². The fourth-order valence-corrected chi connectivity index (χ4v) is 3.83. The number of rotatable bonds is 8. The summed E-state index contributed by atoms with van der Waals surface area (Å²) in [7, 11) is 1.34. The first-order chi connectivity index (χ1) is 17.9. The molecular weight excluding hydrogens is 504 g/mol. The summed E-state index contributed by atoms with van der Waals surface area (Å²) in [6, 6.07) is 8.00. The zero-order valence-corrected chi connectivity index (χ0v) is 20.1. The molecule has 202 valence electrons. The molecule has 0 aromatic heterocycles. The standard InChI is InChI=1S/C26H26O12/c1-36-20-11-15(3-7-17(20)28)5-9-23(32)38-26(25(34)35)12-19(30)24(33)21(13-26)37-22(31)8-4-14-2-6-16(27)18(29)10-14/h2-11,19,21,24,27-30,33H,12-13H2,1H3,(H,34,35). The molecule has 12 nitrogen and oxygen atoms in total. The van der Waals surface area contributed by atoms with Crippen LogP contribution in [0.25, 0.3) is 12.2 Å². The number of hydrogen-bond donors (Lipinski definition) is 6. The van der Waals surface area contributed by atoms with Crippen LogP contribution in [0.3, 0.4) is 0 Å². The first-order valence-electron chi connectivity index (χ1n) is 11.2. The molecule has 6 N–H and O–H groups in total. The van der Waals surface area contributed by atoms with Gasteiger partial charge in [-0.1, -0.05) is 12.1 Å². The molecule has 0 bridgehead atoms. The van der Waals surface area contributed by atoms with Gasteiger partial charge in [-0.3, -0.25) is 0 Å². The topological polar surface area (TPSA) is 200 Å². The molecule has 1 fully saturated rings. The summed E-state index contributed by atoms with van der Waals surface area (Å²) in [5.41, 5.74) is -1.56. The van der Waals surface area contributed by atoms with E-state index in [1.54, 1.807) is 0 Å². The molecule has 2 aromatic carbocycles. The zero-order valence-electron chi connectivity index (χ0n) is 20.1. The van der Waals surface area contributed by atoms with Crippen LogP contribution in [0.5, 0.6) is 23.0 Å². The van der Waals surface area contributed by atoms with E-state index in [0.717, 1.165) is 12.2 Å². The molecular formula is C26H26O12. The predicted octanol–water partition coefficient (Wildman–Crippen LogP) is 1.33. The largest absolute Gasteiger partial charge is 0.504 e. The summed E-state index contributed by atoms with van der Waals surface area (Å²) >= 11 is 0. The minimum absolute atomic E-state index is 0.122. The van der Waals surface area contributed by atoms with Gasteiger partial charge in [-0.15, -0.1) is 0 Å². The van der Waals surface area contributed by atoms with Crippen molar-refractivity contribution in [3.63, 3.8) is 0 Å². The fraction of sp³-hybridized carbons (Fsp3) is 0.269. The van der Waals surface area contributed by atoms with Crippen molar-refractivity contribution >= 4 is 30.1 Å². The zero-order chi connectivity index (χ0) is 28.0. The van der Waals surface area contributed by atoms with E-state index < -0.39 is 60.4 Å². The maximum Gasteiger partial charge on any atom is 0.348 e. The van der Waals surface area contributed by atoms with E-state index in [9.17, 15) is 45.0 Å². The molecule has 1 aliphatic rings. The lowest BCUT2D eigenvalue weighted by Gasteiger charge is -2.41. The third-order valence-corrected chi connectivity index (χ3v) is 5.83. The van der Waals surface area contributed by atoms with Crippen LogP contribution >= 0.6 is 0 Å². The summed E-state index contributed by atoms with van der Waals surface area (Å²) < 4.78 is 15.3. The molecule has 0 aliphatic heterocycles. The number of phenols is 3. The van der Waals surface area contributed by atoms with Gasteiger partial charge >= 0.3 is 17.9 Å². The molecule has 0 spiro atoms. The third kappa shape index (κ3) is 6.60. The lowest BCUT2D eigenvalue weighted by Crippen LogP contribution is -2.58. The van der Waals surface area contributed by atoms with Gasteiger partial charge in [0.25, 0.3) is 0 Å². The molecule has 1 saturated carbocycles. The van der Waals surface area contributed by atoms with Gasteiger partial charge in [-0.05, 0) is 47.5 Å². The normalized spacial score (nSPS) is 23.3. The quantitative estimate of drug-likeness (QED) is 0.163. The van der Waals surface area contributed by atoms with Crippen LogP contribution < -0.4 is 4.74 Å². The first kappa shape index (κ1) is 28.0. The van der Waals surface area contributed by atoms with Crippen LogP contribution in [-0.2, 0) is 23.9 Å². The first-order valence-corrected chi connectivity index (χ1v) is 11.2. The SMILES string of the molecule is COc1cc(C=CC(=O)OC2(C(=O)O)CC(O)C(O)C(OC(=O)C=Cc3ccc(O)c(O)c3)C2)ccc1O.